The summed E-state index contributed by atoms with van der Waals surface area (Å²) in [5, 5.41) is 6.03. The maximum absolute atomic E-state index is 10.7. The third-order valence-electron chi connectivity index (χ3n) is 1.76. The number of carbonyl (C=O) groups excluding carboxylic acids is 1. The predicted octanol–water partition coefficient (Wildman–Crippen LogP) is 0.0406. The lowest BCUT2D eigenvalue weighted by molar-refractivity contribution is -0.119. The summed E-state index contributed by atoms with van der Waals surface area (Å²) in [6, 6.07) is 0.336. The van der Waals surface area contributed by atoms with Gasteiger partial charge < -0.3 is 10.6 Å². The maximum Gasteiger partial charge on any atom is 0.221 e. The van der Waals surface area contributed by atoms with Crippen molar-refractivity contribution in [2.75, 3.05) is 13.1 Å². The molecule has 1 rings (SSSR count). The molecule has 1 atom stereocenters. The van der Waals surface area contributed by atoms with E-state index in [1.54, 1.807) is 0 Å². The molecule has 0 radical (unpaired) electrons. The number of hydrogen-bond acceptors (Lipinski definition) is 2. The lowest BCUT2D eigenvalue weighted by Crippen LogP contribution is -2.31. The normalized spacial score (nSPS) is 23.3. The fraction of sp³-hybridized carbons (Fsp3) is 0.625. The summed E-state index contributed by atoms with van der Waals surface area (Å²) in [4.78, 5) is 10.7. The van der Waals surface area contributed by atoms with Crippen molar-refractivity contribution in [3.63, 3.8) is 0 Å². The maximum atomic E-state index is 10.7. The molecular weight excluding hydrogens is 140 g/mol. The van der Waals surface area contributed by atoms with Gasteiger partial charge in [0.2, 0.25) is 5.91 Å². The third-order valence-corrected chi connectivity index (χ3v) is 1.76. The summed E-state index contributed by atoms with van der Waals surface area (Å²) in [6.45, 7) is 5.31. The van der Waals surface area contributed by atoms with Gasteiger partial charge in [-0.2, -0.15) is 0 Å². The van der Waals surface area contributed by atoms with E-state index in [0.29, 0.717) is 12.5 Å². The molecule has 0 bridgehead atoms. The molecule has 0 aromatic carbocycles. The molecule has 3 heteroatoms. The van der Waals surface area contributed by atoms with E-state index in [1.807, 2.05) is 6.08 Å². The molecule has 0 aromatic heterocycles. The van der Waals surface area contributed by atoms with Crippen molar-refractivity contribution in [3.05, 3.63) is 12.7 Å². The minimum absolute atomic E-state index is 0.154. The highest BCUT2D eigenvalue weighted by atomic mass is 16.1. The summed E-state index contributed by atoms with van der Waals surface area (Å²) in [5.41, 5.74) is 0. The van der Waals surface area contributed by atoms with E-state index < -0.39 is 0 Å². The van der Waals surface area contributed by atoms with Crippen LogP contribution in [0.4, 0.5) is 0 Å². The SMILES string of the molecule is C=CCCNC1CNC(=O)C1. The van der Waals surface area contributed by atoms with Gasteiger partial charge in [-0.05, 0) is 13.0 Å². The molecule has 0 spiro atoms. The van der Waals surface area contributed by atoms with Crippen molar-refractivity contribution in [1.82, 2.24) is 10.6 Å². The van der Waals surface area contributed by atoms with Crippen LogP contribution in [-0.2, 0) is 4.79 Å². The zero-order valence-electron chi connectivity index (χ0n) is 6.60. The number of carbonyl (C=O) groups is 1. The first-order valence-corrected chi connectivity index (χ1v) is 3.94. The summed E-state index contributed by atoms with van der Waals surface area (Å²) >= 11 is 0. The molecule has 2 N–H and O–H groups in total. The van der Waals surface area contributed by atoms with Gasteiger partial charge in [-0.1, -0.05) is 6.08 Å². The minimum atomic E-state index is 0.154. The van der Waals surface area contributed by atoms with E-state index in [-0.39, 0.29) is 5.91 Å². The Hall–Kier alpha value is -0.830. The minimum Gasteiger partial charge on any atom is -0.354 e. The molecule has 1 aliphatic rings. The summed E-state index contributed by atoms with van der Waals surface area (Å²) < 4.78 is 0. The Morgan fingerprint density at radius 1 is 1.82 bits per heavy atom. The second kappa shape index (κ2) is 4.13. The van der Waals surface area contributed by atoms with Gasteiger partial charge in [0.15, 0.2) is 0 Å². The fourth-order valence-electron chi connectivity index (χ4n) is 1.14. The van der Waals surface area contributed by atoms with Crippen LogP contribution in [0, 0.1) is 0 Å². The van der Waals surface area contributed by atoms with Crippen molar-refractivity contribution < 1.29 is 4.79 Å². The topological polar surface area (TPSA) is 41.1 Å². The van der Waals surface area contributed by atoms with Crippen LogP contribution in [0.1, 0.15) is 12.8 Å². The monoisotopic (exact) mass is 154 g/mol. The Balaban J connectivity index is 2.08. The highest BCUT2D eigenvalue weighted by molar-refractivity contribution is 5.78. The van der Waals surface area contributed by atoms with Crippen LogP contribution in [-0.4, -0.2) is 25.0 Å². The number of nitrogens with one attached hydrogen (secondary N) is 2. The van der Waals surface area contributed by atoms with Crippen LogP contribution in [0.25, 0.3) is 0 Å². The van der Waals surface area contributed by atoms with E-state index in [9.17, 15) is 4.79 Å². The smallest absolute Gasteiger partial charge is 0.221 e. The Labute approximate surface area is 66.9 Å². The van der Waals surface area contributed by atoms with Gasteiger partial charge in [0.1, 0.15) is 0 Å². The first kappa shape index (κ1) is 8.27. The van der Waals surface area contributed by atoms with Gasteiger partial charge in [-0.25, -0.2) is 0 Å². The van der Waals surface area contributed by atoms with Crippen LogP contribution in [0.5, 0.6) is 0 Å². The lowest BCUT2D eigenvalue weighted by atomic mass is 10.2. The zero-order chi connectivity index (χ0) is 8.10. The van der Waals surface area contributed by atoms with Gasteiger partial charge in [0, 0.05) is 19.0 Å². The third kappa shape index (κ3) is 2.72. The zero-order valence-corrected chi connectivity index (χ0v) is 6.60. The molecule has 3 nitrogen and oxygen atoms in total. The average Bonchev–Trinajstić information content (AvgIpc) is 2.37. The highest BCUT2D eigenvalue weighted by Gasteiger charge is 2.19. The molecule has 1 saturated heterocycles. The number of hydrogen-bond donors (Lipinski definition) is 2. The van der Waals surface area contributed by atoms with E-state index in [1.165, 1.54) is 0 Å². The molecule has 0 aromatic rings. The van der Waals surface area contributed by atoms with E-state index >= 15 is 0 Å². The van der Waals surface area contributed by atoms with Crippen LogP contribution in [0.15, 0.2) is 12.7 Å². The van der Waals surface area contributed by atoms with Crippen molar-refractivity contribution in [1.29, 1.82) is 0 Å². The largest absolute Gasteiger partial charge is 0.354 e. The predicted molar refractivity (Wildman–Crippen MR) is 44.2 cm³/mol. The first-order valence-electron chi connectivity index (χ1n) is 3.94. The molecule has 1 amide bonds. The van der Waals surface area contributed by atoms with Gasteiger partial charge >= 0.3 is 0 Å². The molecule has 0 aliphatic carbocycles. The number of amides is 1. The second-order valence-corrected chi connectivity index (χ2v) is 2.74. The van der Waals surface area contributed by atoms with Gasteiger partial charge in [0.05, 0.1) is 0 Å². The molecule has 1 unspecified atom stereocenters. The van der Waals surface area contributed by atoms with Crippen LogP contribution < -0.4 is 10.6 Å². The van der Waals surface area contributed by atoms with Crippen molar-refractivity contribution in [2.45, 2.75) is 18.9 Å². The molecule has 1 aliphatic heterocycles. The Morgan fingerprint density at radius 3 is 3.18 bits per heavy atom. The quantitative estimate of drug-likeness (QED) is 0.443. The Kier molecular flexibility index (Phi) is 3.11. The summed E-state index contributed by atoms with van der Waals surface area (Å²) in [5.74, 6) is 0.154. The van der Waals surface area contributed by atoms with E-state index in [2.05, 4.69) is 17.2 Å². The molecule has 62 valence electrons. The molecular formula is C8H14N2O. The lowest BCUT2D eigenvalue weighted by Gasteiger charge is -2.07. The van der Waals surface area contributed by atoms with Crippen LogP contribution >= 0.6 is 0 Å². The molecule has 11 heavy (non-hydrogen) atoms. The van der Waals surface area contributed by atoms with Crippen molar-refractivity contribution >= 4 is 5.91 Å². The fourth-order valence-corrected chi connectivity index (χ4v) is 1.14. The van der Waals surface area contributed by atoms with Gasteiger partial charge in [0.25, 0.3) is 0 Å². The summed E-state index contributed by atoms with van der Waals surface area (Å²) in [6.07, 6.45) is 3.46. The van der Waals surface area contributed by atoms with Gasteiger partial charge in [-0.3, -0.25) is 4.79 Å². The van der Waals surface area contributed by atoms with Crippen LogP contribution in [0.2, 0.25) is 0 Å². The van der Waals surface area contributed by atoms with E-state index in [0.717, 1.165) is 19.5 Å². The standard InChI is InChI=1S/C8H14N2O/c1-2-3-4-9-7-5-8(11)10-6-7/h2,7,9H,1,3-6H2,(H,10,11). The average molecular weight is 154 g/mol. The second-order valence-electron chi connectivity index (χ2n) is 2.74. The Morgan fingerprint density at radius 2 is 2.64 bits per heavy atom. The van der Waals surface area contributed by atoms with Crippen molar-refractivity contribution in [2.24, 2.45) is 0 Å². The number of rotatable bonds is 4. The van der Waals surface area contributed by atoms with Crippen molar-refractivity contribution in [3.8, 4) is 0 Å². The first-order chi connectivity index (χ1) is 5.33. The summed E-state index contributed by atoms with van der Waals surface area (Å²) in [7, 11) is 0. The van der Waals surface area contributed by atoms with E-state index in [4.69, 9.17) is 0 Å². The van der Waals surface area contributed by atoms with Crippen LogP contribution in [0.3, 0.4) is 0 Å². The molecule has 0 saturated carbocycles. The molecule has 1 fully saturated rings. The highest BCUT2D eigenvalue weighted by Crippen LogP contribution is 1.98. The molecule has 1 heterocycles. The Bertz CT molecular complexity index is 156. The van der Waals surface area contributed by atoms with Gasteiger partial charge in [-0.15, -0.1) is 6.58 Å².